The number of rotatable bonds is 5. The molecule has 0 radical (unpaired) electrons. The Morgan fingerprint density at radius 2 is 1.84 bits per heavy atom. The number of likely N-dealkylation sites (N-methyl/N-ethyl adjacent to an activating group) is 1. The second-order valence-corrected chi connectivity index (χ2v) is 4.66. The van der Waals surface area contributed by atoms with Crippen LogP contribution in [-0.4, -0.2) is 43.4 Å². The van der Waals surface area contributed by atoms with Gasteiger partial charge in [-0.3, -0.25) is 9.59 Å². The minimum Gasteiger partial charge on any atom is -0.347 e. The van der Waals surface area contributed by atoms with Gasteiger partial charge in [0.1, 0.15) is 6.04 Å². The molecule has 5 nitrogen and oxygen atoms in total. The molecule has 0 fully saturated rings. The fourth-order valence-electron chi connectivity index (χ4n) is 1.84. The number of benzene rings is 1. The van der Waals surface area contributed by atoms with E-state index in [1.54, 1.807) is 21.0 Å². The average Bonchev–Trinajstić information content (AvgIpc) is 2.39. The van der Waals surface area contributed by atoms with E-state index in [0.29, 0.717) is 0 Å². The van der Waals surface area contributed by atoms with Crippen LogP contribution in [0.5, 0.6) is 0 Å². The minimum atomic E-state index is -0.555. The molecule has 1 aromatic carbocycles. The summed E-state index contributed by atoms with van der Waals surface area (Å²) in [6, 6.07) is 8.76. The Hall–Kier alpha value is -1.88. The highest BCUT2D eigenvalue weighted by Gasteiger charge is 2.23. The van der Waals surface area contributed by atoms with Crippen LogP contribution in [0.4, 0.5) is 0 Å². The Bertz CT molecular complexity index is 432. The minimum absolute atomic E-state index is 0.141. The lowest BCUT2D eigenvalue weighted by Crippen LogP contribution is -2.46. The highest BCUT2D eigenvalue weighted by Crippen LogP contribution is 2.14. The largest absolute Gasteiger partial charge is 0.347 e. The summed E-state index contributed by atoms with van der Waals surface area (Å²) in [6.45, 7) is 1.87. The summed E-state index contributed by atoms with van der Waals surface area (Å²) in [5, 5.41) is 2.70. The molecule has 0 saturated carbocycles. The van der Waals surface area contributed by atoms with Crippen molar-refractivity contribution in [1.29, 1.82) is 0 Å². The van der Waals surface area contributed by atoms with Crippen molar-refractivity contribution in [2.24, 2.45) is 5.73 Å². The molecule has 0 aromatic heterocycles. The van der Waals surface area contributed by atoms with Crippen molar-refractivity contribution < 1.29 is 9.59 Å². The molecular weight excluding hydrogens is 242 g/mol. The van der Waals surface area contributed by atoms with Gasteiger partial charge in [0.05, 0.1) is 5.92 Å². The fraction of sp³-hybridized carbons (Fsp3) is 0.429. The third-order valence-electron chi connectivity index (χ3n) is 2.92. The first-order valence-corrected chi connectivity index (χ1v) is 6.24. The van der Waals surface area contributed by atoms with E-state index in [0.717, 1.165) is 5.56 Å². The zero-order valence-electron chi connectivity index (χ0n) is 11.6. The maximum absolute atomic E-state index is 12.2. The van der Waals surface area contributed by atoms with Crippen LogP contribution in [0.1, 0.15) is 18.4 Å². The van der Waals surface area contributed by atoms with E-state index in [9.17, 15) is 9.59 Å². The van der Waals surface area contributed by atoms with Gasteiger partial charge in [-0.2, -0.15) is 0 Å². The summed E-state index contributed by atoms with van der Waals surface area (Å²) in [5.41, 5.74) is 6.51. The third-order valence-corrected chi connectivity index (χ3v) is 2.92. The van der Waals surface area contributed by atoms with Gasteiger partial charge in [-0.25, -0.2) is 0 Å². The Morgan fingerprint density at radius 1 is 1.26 bits per heavy atom. The summed E-state index contributed by atoms with van der Waals surface area (Å²) < 4.78 is 0. The Labute approximate surface area is 113 Å². The normalized spacial score (nSPS) is 13.5. The second kappa shape index (κ2) is 6.89. The van der Waals surface area contributed by atoms with Crippen LogP contribution in [0, 0.1) is 0 Å². The summed E-state index contributed by atoms with van der Waals surface area (Å²) in [7, 11) is 3.31. The molecule has 0 saturated heterocycles. The zero-order chi connectivity index (χ0) is 14.4. The molecule has 104 valence electrons. The molecule has 1 aromatic rings. The van der Waals surface area contributed by atoms with E-state index in [2.05, 4.69) is 5.32 Å². The molecule has 0 heterocycles. The van der Waals surface area contributed by atoms with E-state index in [-0.39, 0.29) is 18.4 Å². The quantitative estimate of drug-likeness (QED) is 0.803. The number of nitrogens with zero attached hydrogens (tertiary/aromatic N) is 1. The van der Waals surface area contributed by atoms with Gasteiger partial charge in [-0.15, -0.1) is 0 Å². The lowest BCUT2D eigenvalue weighted by atomic mass is 9.98. The summed E-state index contributed by atoms with van der Waals surface area (Å²) in [4.78, 5) is 25.3. The van der Waals surface area contributed by atoms with Crippen molar-refractivity contribution in [1.82, 2.24) is 10.2 Å². The smallest absolute Gasteiger partial charge is 0.244 e. The van der Waals surface area contributed by atoms with Crippen LogP contribution < -0.4 is 11.1 Å². The molecule has 5 heteroatoms. The lowest BCUT2D eigenvalue weighted by Gasteiger charge is -2.21. The lowest BCUT2D eigenvalue weighted by molar-refractivity contribution is -0.134. The molecule has 2 atom stereocenters. The molecule has 0 aliphatic rings. The number of nitrogens with two attached hydrogens (primary N) is 1. The highest BCUT2D eigenvalue weighted by atomic mass is 16.2. The van der Waals surface area contributed by atoms with Crippen molar-refractivity contribution >= 4 is 11.8 Å². The maximum Gasteiger partial charge on any atom is 0.244 e. The molecule has 0 aliphatic carbocycles. The SMILES string of the molecule is CC(NC(=O)C(CN)c1ccccc1)C(=O)N(C)C. The van der Waals surface area contributed by atoms with Crippen molar-refractivity contribution in [3.8, 4) is 0 Å². The van der Waals surface area contributed by atoms with Crippen LogP contribution in [0.25, 0.3) is 0 Å². The highest BCUT2D eigenvalue weighted by molar-refractivity contribution is 5.90. The Morgan fingerprint density at radius 3 is 2.32 bits per heavy atom. The van der Waals surface area contributed by atoms with Gasteiger partial charge in [0.2, 0.25) is 11.8 Å². The summed E-state index contributed by atoms with van der Waals surface area (Å²) in [6.07, 6.45) is 0. The number of carbonyl (C=O) groups is 2. The molecule has 19 heavy (non-hydrogen) atoms. The fourth-order valence-corrected chi connectivity index (χ4v) is 1.84. The molecule has 0 aliphatic heterocycles. The summed E-state index contributed by atoms with van der Waals surface area (Å²) in [5.74, 6) is -0.799. The second-order valence-electron chi connectivity index (χ2n) is 4.66. The average molecular weight is 263 g/mol. The van der Waals surface area contributed by atoms with Gasteiger partial charge in [-0.05, 0) is 12.5 Å². The summed E-state index contributed by atoms with van der Waals surface area (Å²) >= 11 is 0. The molecule has 1 rings (SSSR count). The molecule has 0 bridgehead atoms. The molecular formula is C14H21N3O2. The molecule has 2 amide bonds. The number of nitrogens with one attached hydrogen (secondary N) is 1. The van der Waals surface area contributed by atoms with Gasteiger partial charge >= 0.3 is 0 Å². The van der Waals surface area contributed by atoms with Gasteiger partial charge < -0.3 is 16.0 Å². The molecule has 0 spiro atoms. The van der Waals surface area contributed by atoms with Crippen LogP contribution in [0.15, 0.2) is 30.3 Å². The number of amides is 2. The predicted octanol–water partition coefficient (Wildman–Crippen LogP) is 0.322. The van der Waals surface area contributed by atoms with Gasteiger partial charge in [0.15, 0.2) is 0 Å². The predicted molar refractivity (Wildman–Crippen MR) is 74.5 cm³/mol. The first-order chi connectivity index (χ1) is 8.97. The first kappa shape index (κ1) is 15.2. The first-order valence-electron chi connectivity index (χ1n) is 6.24. The van der Waals surface area contributed by atoms with Crippen molar-refractivity contribution in [2.75, 3.05) is 20.6 Å². The zero-order valence-corrected chi connectivity index (χ0v) is 11.6. The standard InChI is InChI=1S/C14H21N3O2/c1-10(14(19)17(2)3)16-13(18)12(9-15)11-7-5-4-6-8-11/h4-8,10,12H,9,15H2,1-3H3,(H,16,18). The van der Waals surface area contributed by atoms with E-state index in [4.69, 9.17) is 5.73 Å². The third kappa shape index (κ3) is 4.06. The van der Waals surface area contributed by atoms with E-state index in [1.807, 2.05) is 30.3 Å². The number of carbonyl (C=O) groups excluding carboxylic acids is 2. The van der Waals surface area contributed by atoms with E-state index in [1.165, 1.54) is 4.90 Å². The molecule has 3 N–H and O–H groups in total. The van der Waals surface area contributed by atoms with Crippen molar-refractivity contribution in [3.63, 3.8) is 0 Å². The number of hydrogen-bond acceptors (Lipinski definition) is 3. The van der Waals surface area contributed by atoms with Crippen molar-refractivity contribution in [2.45, 2.75) is 18.9 Å². The van der Waals surface area contributed by atoms with Gasteiger partial charge in [0, 0.05) is 20.6 Å². The van der Waals surface area contributed by atoms with Crippen LogP contribution in [-0.2, 0) is 9.59 Å². The number of hydrogen-bond donors (Lipinski definition) is 2. The van der Waals surface area contributed by atoms with Gasteiger partial charge in [-0.1, -0.05) is 30.3 Å². The maximum atomic E-state index is 12.2. The van der Waals surface area contributed by atoms with E-state index >= 15 is 0 Å². The topological polar surface area (TPSA) is 75.4 Å². The Balaban J connectivity index is 2.73. The van der Waals surface area contributed by atoms with E-state index < -0.39 is 12.0 Å². The monoisotopic (exact) mass is 263 g/mol. The van der Waals surface area contributed by atoms with Crippen LogP contribution >= 0.6 is 0 Å². The Kier molecular flexibility index (Phi) is 5.51. The van der Waals surface area contributed by atoms with Crippen LogP contribution in [0.3, 0.4) is 0 Å². The van der Waals surface area contributed by atoms with Crippen molar-refractivity contribution in [3.05, 3.63) is 35.9 Å². The van der Waals surface area contributed by atoms with Gasteiger partial charge in [0.25, 0.3) is 0 Å². The molecule has 2 unspecified atom stereocenters. The van der Waals surface area contributed by atoms with Crippen LogP contribution in [0.2, 0.25) is 0 Å².